The van der Waals surface area contributed by atoms with Crippen molar-refractivity contribution in [2.45, 2.75) is 43.7 Å². The number of nitrogens with zero attached hydrogens (tertiary/aromatic N) is 2. The van der Waals surface area contributed by atoms with E-state index in [4.69, 9.17) is 5.73 Å². The SMILES string of the molecule is CN(C)CCCCC(=O)c1ccc(-c2ccc(O)c3c2C[C@H]2C[C@H]4[C@@H](N(C)C)C(=O)C(C(N)=O)=C(O)[C@@]4(O)C(=O)C2=C3O)cc1. The van der Waals surface area contributed by atoms with Gasteiger partial charge in [0.1, 0.15) is 22.8 Å². The van der Waals surface area contributed by atoms with E-state index in [1.807, 2.05) is 14.1 Å². The van der Waals surface area contributed by atoms with Crippen molar-refractivity contribution in [2.24, 2.45) is 17.6 Å². The highest BCUT2D eigenvalue weighted by molar-refractivity contribution is 6.24. The van der Waals surface area contributed by atoms with Gasteiger partial charge in [0.25, 0.3) is 5.91 Å². The Hall–Kier alpha value is -4.32. The van der Waals surface area contributed by atoms with Crippen molar-refractivity contribution in [1.82, 2.24) is 9.80 Å². The molecule has 3 aliphatic carbocycles. The van der Waals surface area contributed by atoms with Gasteiger partial charge in [-0.05, 0) is 89.1 Å². The Kier molecular flexibility index (Phi) is 8.47. The zero-order chi connectivity index (χ0) is 33.0. The molecule has 0 aromatic heterocycles. The van der Waals surface area contributed by atoms with Crippen molar-refractivity contribution < 1.29 is 39.6 Å². The Labute approximate surface area is 261 Å². The van der Waals surface area contributed by atoms with Crippen molar-refractivity contribution in [2.75, 3.05) is 34.7 Å². The molecule has 0 bridgehead atoms. The van der Waals surface area contributed by atoms with Crippen LogP contribution in [0.4, 0.5) is 0 Å². The maximum Gasteiger partial charge on any atom is 0.255 e. The topological polar surface area (TPSA) is 182 Å². The summed E-state index contributed by atoms with van der Waals surface area (Å²) in [7, 11) is 7.10. The average molecular weight is 618 g/mol. The van der Waals surface area contributed by atoms with E-state index < -0.39 is 58.0 Å². The van der Waals surface area contributed by atoms with Gasteiger partial charge in [-0.1, -0.05) is 30.3 Å². The van der Waals surface area contributed by atoms with Gasteiger partial charge in [0.2, 0.25) is 5.78 Å². The van der Waals surface area contributed by atoms with Gasteiger partial charge < -0.3 is 31.1 Å². The zero-order valence-corrected chi connectivity index (χ0v) is 25.8. The second-order valence-electron chi connectivity index (χ2n) is 12.7. The molecular weight excluding hydrogens is 578 g/mol. The number of primary amides is 1. The number of fused-ring (bicyclic) bond motifs is 3. The first-order valence-electron chi connectivity index (χ1n) is 15.0. The summed E-state index contributed by atoms with van der Waals surface area (Å²) in [6.45, 7) is 0.909. The number of hydrogen-bond acceptors (Lipinski definition) is 10. The quantitative estimate of drug-likeness (QED) is 0.159. The summed E-state index contributed by atoms with van der Waals surface area (Å²) >= 11 is 0. The van der Waals surface area contributed by atoms with Crippen LogP contribution < -0.4 is 5.73 Å². The van der Waals surface area contributed by atoms with Crippen LogP contribution in [0.5, 0.6) is 5.75 Å². The highest BCUT2D eigenvalue weighted by atomic mass is 16.3. The van der Waals surface area contributed by atoms with Crippen LogP contribution in [-0.2, 0) is 20.8 Å². The number of phenols is 1. The number of aromatic hydroxyl groups is 1. The number of likely N-dealkylation sites (N-methyl/N-ethyl adjacent to an activating group) is 1. The van der Waals surface area contributed by atoms with E-state index in [9.17, 15) is 39.6 Å². The first-order valence-corrected chi connectivity index (χ1v) is 15.0. The largest absolute Gasteiger partial charge is 0.508 e. The Balaban J connectivity index is 1.54. The maximum atomic E-state index is 14.0. The van der Waals surface area contributed by atoms with E-state index in [0.29, 0.717) is 23.1 Å². The highest BCUT2D eigenvalue weighted by Crippen LogP contribution is 2.53. The Morgan fingerprint density at radius 1 is 0.978 bits per heavy atom. The molecular formula is C34H39N3O8. The van der Waals surface area contributed by atoms with Crippen LogP contribution in [0.15, 0.2) is 53.3 Å². The fourth-order valence-electron chi connectivity index (χ4n) is 7.21. The molecule has 3 aliphatic rings. The van der Waals surface area contributed by atoms with Gasteiger partial charge in [-0.3, -0.25) is 24.1 Å². The minimum atomic E-state index is -2.69. The van der Waals surface area contributed by atoms with E-state index in [1.54, 1.807) is 44.4 Å². The lowest BCUT2D eigenvalue weighted by Gasteiger charge is -2.50. The van der Waals surface area contributed by atoms with Crippen LogP contribution in [0.2, 0.25) is 0 Å². The number of aliphatic hydroxyl groups is 3. The Morgan fingerprint density at radius 2 is 1.64 bits per heavy atom. The smallest absolute Gasteiger partial charge is 0.255 e. The van der Waals surface area contributed by atoms with Crippen molar-refractivity contribution in [3.8, 4) is 16.9 Å². The number of ketones is 3. The van der Waals surface area contributed by atoms with E-state index in [1.165, 1.54) is 11.0 Å². The first kappa shape index (κ1) is 32.1. The lowest BCUT2D eigenvalue weighted by Crippen LogP contribution is -2.65. The number of benzene rings is 2. The molecule has 0 radical (unpaired) electrons. The van der Waals surface area contributed by atoms with Crippen LogP contribution in [0, 0.1) is 11.8 Å². The molecule has 4 atom stereocenters. The maximum absolute atomic E-state index is 14.0. The average Bonchev–Trinajstić information content (AvgIpc) is 2.97. The lowest BCUT2D eigenvalue weighted by atomic mass is 9.57. The van der Waals surface area contributed by atoms with Crippen molar-refractivity contribution in [3.63, 3.8) is 0 Å². The molecule has 11 heteroatoms. The number of rotatable bonds is 9. The van der Waals surface area contributed by atoms with Gasteiger partial charge in [-0.2, -0.15) is 0 Å². The number of carbonyl (C=O) groups is 4. The number of amides is 1. The molecule has 45 heavy (non-hydrogen) atoms. The third-order valence-electron chi connectivity index (χ3n) is 9.38. The summed E-state index contributed by atoms with van der Waals surface area (Å²) < 4.78 is 0. The Morgan fingerprint density at radius 3 is 2.24 bits per heavy atom. The van der Waals surface area contributed by atoms with Crippen molar-refractivity contribution >= 4 is 29.0 Å². The van der Waals surface area contributed by atoms with Crippen molar-refractivity contribution in [1.29, 1.82) is 0 Å². The third-order valence-corrected chi connectivity index (χ3v) is 9.38. The van der Waals surface area contributed by atoms with Gasteiger partial charge in [-0.15, -0.1) is 0 Å². The number of Topliss-reactive ketones (excluding diaryl/α,β-unsaturated/α-hetero) is 3. The van der Waals surface area contributed by atoms with E-state index in [-0.39, 0.29) is 35.5 Å². The normalized spacial score (nSPS) is 24.6. The fourth-order valence-corrected chi connectivity index (χ4v) is 7.21. The van der Waals surface area contributed by atoms with Gasteiger partial charge in [0, 0.05) is 23.5 Å². The Bertz CT molecular complexity index is 1660. The summed E-state index contributed by atoms with van der Waals surface area (Å²) in [4.78, 5) is 55.8. The minimum Gasteiger partial charge on any atom is -0.508 e. The number of aliphatic hydroxyl groups excluding tert-OH is 2. The minimum absolute atomic E-state index is 0.00210. The standard InChI is InChI=1S/C34H39N3O8/c1-36(2)14-6-5-7-23(38)18-10-8-17(9-11-18)20-12-13-24(39)26-21(20)15-19-16-22-28(37(3)4)30(41)27(33(35)44)32(43)34(22,45)31(42)25(19)29(26)40/h8-13,19,22,28,39-40,43,45H,5-7,14-16H2,1-4H3,(H2,35,44)/t19-,22-,28+,34-/m0/s1. The van der Waals surface area contributed by atoms with Gasteiger partial charge in [0.15, 0.2) is 17.2 Å². The summed E-state index contributed by atoms with van der Waals surface area (Å²) in [6, 6.07) is 9.04. The molecule has 6 N–H and O–H groups in total. The van der Waals surface area contributed by atoms with E-state index >= 15 is 0 Å². The molecule has 11 nitrogen and oxygen atoms in total. The molecule has 0 spiro atoms. The molecule has 238 valence electrons. The molecule has 0 saturated heterocycles. The van der Waals surface area contributed by atoms with Crippen molar-refractivity contribution in [3.05, 3.63) is 70.0 Å². The summed E-state index contributed by atoms with van der Waals surface area (Å²) in [6.07, 6.45) is 2.32. The van der Waals surface area contributed by atoms with Gasteiger partial charge in [0.05, 0.1) is 11.6 Å². The molecule has 2 aromatic rings. The summed E-state index contributed by atoms with van der Waals surface area (Å²) in [5.41, 5.74) is 4.21. The molecule has 0 unspecified atom stereocenters. The third kappa shape index (κ3) is 5.24. The second kappa shape index (κ2) is 11.9. The van der Waals surface area contributed by atoms with Gasteiger partial charge >= 0.3 is 0 Å². The number of unbranched alkanes of at least 4 members (excludes halogenated alkanes) is 1. The summed E-state index contributed by atoms with van der Waals surface area (Å²) in [5, 5.41) is 45.1. The van der Waals surface area contributed by atoms with Crippen LogP contribution in [0.1, 0.15) is 47.2 Å². The molecule has 1 amide bonds. The first-order chi connectivity index (χ1) is 21.2. The molecule has 1 saturated carbocycles. The van der Waals surface area contributed by atoms with Crippen LogP contribution in [0.25, 0.3) is 16.9 Å². The lowest BCUT2D eigenvalue weighted by molar-refractivity contribution is -0.153. The van der Waals surface area contributed by atoms with E-state index in [2.05, 4.69) is 4.90 Å². The second-order valence-corrected chi connectivity index (χ2v) is 12.7. The predicted octanol–water partition coefficient (Wildman–Crippen LogP) is 2.55. The molecule has 0 aliphatic heterocycles. The molecule has 0 heterocycles. The molecule has 1 fully saturated rings. The van der Waals surface area contributed by atoms with Crippen LogP contribution in [-0.4, -0.2) is 99.9 Å². The monoisotopic (exact) mass is 617 g/mol. The number of hydrogen-bond donors (Lipinski definition) is 5. The molecule has 5 rings (SSSR count). The molecule has 2 aromatic carbocycles. The highest BCUT2D eigenvalue weighted by Gasteiger charge is 2.64. The van der Waals surface area contributed by atoms with Crippen LogP contribution in [0.3, 0.4) is 0 Å². The zero-order valence-electron chi connectivity index (χ0n) is 25.8. The fraction of sp³-hybridized carbons (Fsp3) is 0.412. The predicted molar refractivity (Wildman–Crippen MR) is 166 cm³/mol. The number of carbonyl (C=O) groups excluding carboxylic acids is 4. The van der Waals surface area contributed by atoms with Crippen LogP contribution >= 0.6 is 0 Å². The number of phenolic OH excluding ortho intramolecular Hbond substituents is 1. The summed E-state index contributed by atoms with van der Waals surface area (Å²) in [5.74, 6) is -6.88. The van der Waals surface area contributed by atoms with E-state index in [0.717, 1.165) is 24.9 Å². The van der Waals surface area contributed by atoms with Gasteiger partial charge in [-0.25, -0.2) is 0 Å². The number of nitrogens with two attached hydrogens (primary N) is 1.